The SMILES string of the molecule is CC1=CC[C@@H](C(C)=Cc2csc(C)n2)OC(=O)C[C@H](O)C(C)(C)C(=O)[C@H](C)[C@@H](O)[C@@H](C)CC(O)C1O. The van der Waals surface area contributed by atoms with Crippen LogP contribution in [0.2, 0.25) is 0 Å². The van der Waals surface area contributed by atoms with Gasteiger partial charge in [0.15, 0.2) is 0 Å². The molecule has 1 aromatic heterocycles. The van der Waals surface area contributed by atoms with Crippen LogP contribution in [0, 0.1) is 24.2 Å². The van der Waals surface area contributed by atoms with Gasteiger partial charge in [-0.05, 0) is 50.3 Å². The van der Waals surface area contributed by atoms with Gasteiger partial charge in [-0.2, -0.15) is 0 Å². The number of cyclic esters (lactones) is 1. The van der Waals surface area contributed by atoms with E-state index >= 15 is 0 Å². The molecular weight excluding hydrogens is 482 g/mol. The molecule has 1 aromatic rings. The molecule has 0 saturated carbocycles. The summed E-state index contributed by atoms with van der Waals surface area (Å²) in [6, 6.07) is 0. The van der Waals surface area contributed by atoms with E-state index in [1.807, 2.05) is 25.3 Å². The van der Waals surface area contributed by atoms with Crippen LogP contribution in [0.25, 0.3) is 6.08 Å². The number of aryl methyl sites for hydroxylation is 1. The molecule has 0 aliphatic carbocycles. The largest absolute Gasteiger partial charge is 0.457 e. The van der Waals surface area contributed by atoms with Crippen molar-refractivity contribution in [3.63, 3.8) is 0 Å². The Balaban J connectivity index is 2.43. The lowest BCUT2D eigenvalue weighted by atomic mass is 9.72. The van der Waals surface area contributed by atoms with Crippen LogP contribution >= 0.6 is 11.3 Å². The van der Waals surface area contributed by atoms with Crippen LogP contribution in [0.4, 0.5) is 0 Å². The first-order valence-electron chi connectivity index (χ1n) is 12.4. The van der Waals surface area contributed by atoms with Crippen molar-refractivity contribution >= 4 is 29.2 Å². The van der Waals surface area contributed by atoms with Gasteiger partial charge in [0.2, 0.25) is 0 Å². The molecule has 4 N–H and O–H groups in total. The second-order valence-corrected chi connectivity index (χ2v) is 11.7. The molecule has 8 nitrogen and oxygen atoms in total. The molecular formula is C27H41NO7S. The Morgan fingerprint density at radius 3 is 2.39 bits per heavy atom. The van der Waals surface area contributed by atoms with Crippen molar-refractivity contribution in [2.45, 2.75) is 98.2 Å². The Kier molecular flexibility index (Phi) is 10.6. The zero-order valence-corrected chi connectivity index (χ0v) is 23.1. The fraction of sp³-hybridized carbons (Fsp3) is 0.667. The van der Waals surface area contributed by atoms with Crippen molar-refractivity contribution in [1.29, 1.82) is 0 Å². The predicted molar refractivity (Wildman–Crippen MR) is 139 cm³/mol. The maximum absolute atomic E-state index is 13.2. The highest BCUT2D eigenvalue weighted by Gasteiger charge is 2.42. The summed E-state index contributed by atoms with van der Waals surface area (Å²) in [6.07, 6.45) is -1.98. The first kappa shape index (κ1) is 30.3. The van der Waals surface area contributed by atoms with Crippen molar-refractivity contribution in [3.05, 3.63) is 33.3 Å². The highest BCUT2D eigenvalue weighted by atomic mass is 32.1. The van der Waals surface area contributed by atoms with Crippen LogP contribution in [0.1, 0.15) is 71.5 Å². The first-order chi connectivity index (χ1) is 16.6. The summed E-state index contributed by atoms with van der Waals surface area (Å²) in [6.45, 7) is 11.7. The van der Waals surface area contributed by atoms with E-state index in [2.05, 4.69) is 4.98 Å². The number of Topliss-reactive ketones (excluding diaryl/α,β-unsaturated/α-hetero) is 1. The van der Waals surface area contributed by atoms with Crippen molar-refractivity contribution < 1.29 is 34.8 Å². The molecule has 0 radical (unpaired) electrons. The van der Waals surface area contributed by atoms with Crippen molar-refractivity contribution in [3.8, 4) is 0 Å². The van der Waals surface area contributed by atoms with Crippen molar-refractivity contribution in [1.82, 2.24) is 4.98 Å². The molecule has 2 rings (SSSR count). The van der Waals surface area contributed by atoms with Crippen molar-refractivity contribution in [2.75, 3.05) is 0 Å². The van der Waals surface area contributed by atoms with Gasteiger partial charge >= 0.3 is 5.97 Å². The zero-order chi connectivity index (χ0) is 27.4. The third-order valence-electron chi connectivity index (χ3n) is 7.23. The molecule has 7 atom stereocenters. The summed E-state index contributed by atoms with van der Waals surface area (Å²) in [4.78, 5) is 30.5. The fourth-order valence-corrected chi connectivity index (χ4v) is 5.05. The number of carbonyl (C=O) groups excluding carboxylic acids is 2. The minimum atomic E-state index is -1.32. The number of rotatable bonds is 2. The maximum Gasteiger partial charge on any atom is 0.309 e. The van der Waals surface area contributed by atoms with Crippen LogP contribution in [-0.4, -0.2) is 67.7 Å². The third kappa shape index (κ3) is 7.55. The standard InChI is InChI=1S/C27H41NO7S/c1-14-8-9-21(15(2)10-19-13-36-18(5)28-19)35-23(31)12-22(30)27(6,7)26(34)17(4)24(32)16(3)11-20(29)25(14)33/h8,10,13,16-17,20-22,24-25,29-30,32-33H,9,11-12H2,1-7H3/t16-,17+,20?,21-,22-,24-,25?/m0/s1. The first-order valence-corrected chi connectivity index (χ1v) is 13.3. The van der Waals surface area contributed by atoms with Crippen LogP contribution in [-0.2, 0) is 14.3 Å². The smallest absolute Gasteiger partial charge is 0.309 e. The molecule has 0 amide bonds. The van der Waals surface area contributed by atoms with E-state index in [0.717, 1.165) is 16.3 Å². The maximum atomic E-state index is 13.2. The summed E-state index contributed by atoms with van der Waals surface area (Å²) in [5.74, 6) is -2.41. The van der Waals surface area contributed by atoms with Gasteiger partial charge in [-0.15, -0.1) is 11.3 Å². The summed E-state index contributed by atoms with van der Waals surface area (Å²) >= 11 is 1.50. The Morgan fingerprint density at radius 2 is 1.81 bits per heavy atom. The third-order valence-corrected chi connectivity index (χ3v) is 8.02. The average molecular weight is 524 g/mol. The normalized spacial score (nSPS) is 33.7. The lowest BCUT2D eigenvalue weighted by molar-refractivity contribution is -0.154. The quantitative estimate of drug-likeness (QED) is 0.343. The zero-order valence-electron chi connectivity index (χ0n) is 22.3. The van der Waals surface area contributed by atoms with E-state index < -0.39 is 59.5 Å². The molecule has 2 unspecified atom stereocenters. The highest BCUT2D eigenvalue weighted by molar-refractivity contribution is 7.09. The molecule has 0 spiro atoms. The van der Waals surface area contributed by atoms with Crippen LogP contribution in [0.3, 0.4) is 0 Å². The van der Waals surface area contributed by atoms with E-state index in [1.165, 1.54) is 11.3 Å². The molecule has 9 heteroatoms. The second-order valence-electron chi connectivity index (χ2n) is 10.7. The molecule has 0 fully saturated rings. The number of ether oxygens (including phenoxy) is 1. The number of aromatic nitrogens is 1. The van der Waals surface area contributed by atoms with Crippen molar-refractivity contribution in [2.24, 2.45) is 17.3 Å². The number of esters is 1. The molecule has 36 heavy (non-hydrogen) atoms. The number of ketones is 1. The summed E-state index contributed by atoms with van der Waals surface area (Å²) < 4.78 is 5.73. The Labute approximate surface area is 217 Å². The minimum absolute atomic E-state index is 0.0780. The number of hydrogen-bond donors (Lipinski definition) is 4. The number of thiazole rings is 1. The average Bonchev–Trinajstić information content (AvgIpc) is 3.22. The van der Waals surface area contributed by atoms with Gasteiger partial charge in [0.25, 0.3) is 0 Å². The molecule has 0 aromatic carbocycles. The molecule has 1 aliphatic rings. The molecule has 1 aliphatic heterocycles. The van der Waals surface area contributed by atoms with Gasteiger partial charge in [-0.1, -0.05) is 33.8 Å². The lowest BCUT2D eigenvalue weighted by Gasteiger charge is -2.35. The Hall–Kier alpha value is -1.91. The summed E-state index contributed by atoms with van der Waals surface area (Å²) in [7, 11) is 0. The summed E-state index contributed by atoms with van der Waals surface area (Å²) in [5.41, 5.74) is 0.648. The number of hydrogen-bond acceptors (Lipinski definition) is 9. The summed E-state index contributed by atoms with van der Waals surface area (Å²) in [5, 5.41) is 45.7. The molecule has 202 valence electrons. The number of nitrogens with zero attached hydrogens (tertiary/aromatic N) is 1. The van der Waals surface area contributed by atoms with Gasteiger partial charge in [0, 0.05) is 17.7 Å². The molecule has 0 bridgehead atoms. The topological polar surface area (TPSA) is 137 Å². The fourth-order valence-electron chi connectivity index (χ4n) is 4.48. The van der Waals surface area contributed by atoms with Crippen LogP contribution in [0.5, 0.6) is 0 Å². The number of aliphatic hydroxyl groups excluding tert-OH is 4. The second kappa shape index (κ2) is 12.6. The van der Waals surface area contributed by atoms with Gasteiger partial charge in [0.05, 0.1) is 40.8 Å². The van der Waals surface area contributed by atoms with E-state index in [9.17, 15) is 30.0 Å². The number of carbonyl (C=O) groups is 2. The van der Waals surface area contributed by atoms with Gasteiger partial charge < -0.3 is 25.2 Å². The van der Waals surface area contributed by atoms with Crippen LogP contribution in [0.15, 0.2) is 22.6 Å². The van der Waals surface area contributed by atoms with Gasteiger partial charge in [-0.25, -0.2) is 4.98 Å². The lowest BCUT2D eigenvalue weighted by Crippen LogP contribution is -2.46. The molecule has 2 heterocycles. The monoisotopic (exact) mass is 523 g/mol. The van der Waals surface area contributed by atoms with E-state index in [0.29, 0.717) is 5.57 Å². The van der Waals surface area contributed by atoms with E-state index in [4.69, 9.17) is 4.74 Å². The predicted octanol–water partition coefficient (Wildman–Crippen LogP) is 3.21. The van der Waals surface area contributed by atoms with Gasteiger partial charge in [-0.3, -0.25) is 9.59 Å². The Bertz CT molecular complexity index is 983. The van der Waals surface area contributed by atoms with Crippen LogP contribution < -0.4 is 0 Å². The minimum Gasteiger partial charge on any atom is -0.457 e. The Morgan fingerprint density at radius 1 is 1.17 bits per heavy atom. The van der Waals surface area contributed by atoms with E-state index in [-0.39, 0.29) is 19.3 Å². The molecule has 0 saturated heterocycles. The number of aliphatic hydroxyl groups is 4. The van der Waals surface area contributed by atoms with Gasteiger partial charge in [0.1, 0.15) is 18.0 Å². The van der Waals surface area contributed by atoms with E-state index in [1.54, 1.807) is 40.7 Å². The highest BCUT2D eigenvalue weighted by Crippen LogP contribution is 2.32.